The molecule has 7 heteroatoms. The van der Waals surface area contributed by atoms with Crippen LogP contribution >= 0.6 is 11.5 Å². The molecule has 1 aliphatic rings. The Bertz CT molecular complexity index is 516. The highest BCUT2D eigenvalue weighted by Crippen LogP contribution is 2.41. The van der Waals surface area contributed by atoms with E-state index >= 15 is 0 Å². The normalized spacial score (nSPS) is 16.2. The van der Waals surface area contributed by atoms with Gasteiger partial charge < -0.3 is 11.1 Å². The Morgan fingerprint density at radius 2 is 2.06 bits per heavy atom. The summed E-state index contributed by atoms with van der Waals surface area (Å²) in [6, 6.07) is 0.262. The molecule has 0 amide bonds. The van der Waals surface area contributed by atoms with E-state index in [1.165, 1.54) is 0 Å². The predicted octanol–water partition coefficient (Wildman–Crippen LogP) is 2.26. The highest BCUT2D eigenvalue weighted by Gasteiger charge is 2.40. The van der Waals surface area contributed by atoms with Gasteiger partial charge in [0.15, 0.2) is 15.7 Å². The smallest absolute Gasteiger partial charge is 0.187 e. The Balaban J connectivity index is 2.32. The van der Waals surface area contributed by atoms with Gasteiger partial charge in [-0.05, 0) is 37.2 Å². The van der Waals surface area contributed by atoms with Gasteiger partial charge in [-0.25, -0.2) is 8.42 Å². The van der Waals surface area contributed by atoms with Gasteiger partial charge in [-0.3, -0.25) is 0 Å². The zero-order valence-electron chi connectivity index (χ0n) is 10.6. The van der Waals surface area contributed by atoms with Crippen LogP contribution in [0.2, 0.25) is 0 Å². The maximum absolute atomic E-state index is 12.3. The highest BCUT2D eigenvalue weighted by atomic mass is 32.2. The lowest BCUT2D eigenvalue weighted by atomic mass is 10.2. The van der Waals surface area contributed by atoms with Crippen LogP contribution in [0.3, 0.4) is 0 Å². The molecule has 0 aromatic carbocycles. The van der Waals surface area contributed by atoms with Crippen molar-refractivity contribution in [1.29, 1.82) is 0 Å². The first-order valence-electron chi connectivity index (χ1n) is 6.26. The van der Waals surface area contributed by atoms with Crippen molar-refractivity contribution >= 4 is 32.2 Å². The zero-order valence-corrected chi connectivity index (χ0v) is 12.3. The molecule has 0 unspecified atom stereocenters. The van der Waals surface area contributed by atoms with Gasteiger partial charge in [-0.2, -0.15) is 4.37 Å². The first-order chi connectivity index (χ1) is 8.50. The van der Waals surface area contributed by atoms with Gasteiger partial charge >= 0.3 is 0 Å². The van der Waals surface area contributed by atoms with Crippen LogP contribution in [0.5, 0.6) is 0 Å². The fourth-order valence-electron chi connectivity index (χ4n) is 1.88. The maximum Gasteiger partial charge on any atom is 0.187 e. The second-order valence-corrected chi connectivity index (χ2v) is 7.57. The predicted molar refractivity (Wildman–Crippen MR) is 74.7 cm³/mol. The molecule has 3 N–H and O–H groups in total. The van der Waals surface area contributed by atoms with Crippen molar-refractivity contribution in [3.8, 4) is 0 Å². The third kappa shape index (κ3) is 2.47. The Morgan fingerprint density at radius 1 is 1.44 bits per heavy atom. The van der Waals surface area contributed by atoms with Crippen LogP contribution in [0.4, 0.5) is 10.8 Å². The van der Waals surface area contributed by atoms with Crippen LogP contribution in [0.15, 0.2) is 4.90 Å². The third-order valence-electron chi connectivity index (χ3n) is 3.24. The van der Waals surface area contributed by atoms with Crippen molar-refractivity contribution in [3.63, 3.8) is 0 Å². The molecule has 0 atom stereocenters. The van der Waals surface area contributed by atoms with E-state index in [1.807, 2.05) is 0 Å². The highest BCUT2D eigenvalue weighted by molar-refractivity contribution is 7.92. The Morgan fingerprint density at radius 3 is 2.56 bits per heavy atom. The quantitative estimate of drug-likeness (QED) is 0.839. The summed E-state index contributed by atoms with van der Waals surface area (Å²) in [7, 11) is -3.29. The molecule has 18 heavy (non-hydrogen) atoms. The van der Waals surface area contributed by atoms with Gasteiger partial charge in [-0.1, -0.05) is 13.8 Å². The minimum absolute atomic E-state index is 0.139. The molecule has 0 saturated heterocycles. The zero-order chi connectivity index (χ0) is 13.3. The van der Waals surface area contributed by atoms with Gasteiger partial charge in [0, 0.05) is 6.04 Å². The molecular weight excluding hydrogens is 270 g/mol. The first-order valence-corrected chi connectivity index (χ1v) is 8.58. The molecule has 2 rings (SSSR count). The van der Waals surface area contributed by atoms with E-state index in [1.54, 1.807) is 0 Å². The molecule has 1 aromatic heterocycles. The van der Waals surface area contributed by atoms with Crippen molar-refractivity contribution in [2.75, 3.05) is 11.1 Å². The molecule has 1 saturated carbocycles. The molecular formula is C11H19N3O2S2. The number of nitrogen functional groups attached to an aromatic ring is 1. The summed E-state index contributed by atoms with van der Waals surface area (Å²) in [5.41, 5.74) is 5.73. The van der Waals surface area contributed by atoms with Crippen LogP contribution < -0.4 is 11.1 Å². The molecule has 1 heterocycles. The van der Waals surface area contributed by atoms with Gasteiger partial charge in [0.25, 0.3) is 0 Å². The fraction of sp³-hybridized carbons (Fsp3) is 0.727. The monoisotopic (exact) mass is 289 g/mol. The summed E-state index contributed by atoms with van der Waals surface area (Å²) in [5, 5.41) is 3.61. The van der Waals surface area contributed by atoms with E-state index in [0.29, 0.717) is 5.00 Å². The second kappa shape index (κ2) is 5.05. The molecule has 102 valence electrons. The van der Waals surface area contributed by atoms with Crippen LogP contribution in [-0.2, 0) is 9.84 Å². The van der Waals surface area contributed by atoms with Gasteiger partial charge in [0.1, 0.15) is 9.90 Å². The topological polar surface area (TPSA) is 85.1 Å². The Labute approximate surface area is 112 Å². The van der Waals surface area contributed by atoms with Crippen molar-refractivity contribution in [3.05, 3.63) is 0 Å². The number of hydrogen-bond donors (Lipinski definition) is 2. The second-order valence-electron chi connectivity index (χ2n) is 4.63. The number of sulfone groups is 1. The molecule has 1 aliphatic carbocycles. The molecule has 0 radical (unpaired) electrons. The average Bonchev–Trinajstić information content (AvgIpc) is 3.12. The van der Waals surface area contributed by atoms with Gasteiger partial charge in [0.05, 0.1) is 5.25 Å². The van der Waals surface area contributed by atoms with E-state index < -0.39 is 9.84 Å². The number of nitrogens with zero attached hydrogens (tertiary/aromatic N) is 1. The van der Waals surface area contributed by atoms with Crippen molar-refractivity contribution in [2.24, 2.45) is 0 Å². The lowest BCUT2D eigenvalue weighted by Crippen LogP contribution is -2.19. The minimum Gasteiger partial charge on any atom is -0.382 e. The largest absolute Gasteiger partial charge is 0.382 e. The molecule has 0 aliphatic heterocycles. The van der Waals surface area contributed by atoms with Crippen LogP contribution in [0.1, 0.15) is 39.5 Å². The first kappa shape index (κ1) is 13.6. The van der Waals surface area contributed by atoms with Crippen LogP contribution in [-0.4, -0.2) is 24.1 Å². The van der Waals surface area contributed by atoms with Gasteiger partial charge in [-0.15, -0.1) is 0 Å². The summed E-state index contributed by atoms with van der Waals surface area (Å²) in [4.78, 5) is 0.224. The van der Waals surface area contributed by atoms with Crippen molar-refractivity contribution in [2.45, 2.75) is 55.7 Å². The van der Waals surface area contributed by atoms with Crippen molar-refractivity contribution in [1.82, 2.24) is 4.37 Å². The average molecular weight is 289 g/mol. The Hall–Kier alpha value is -0.820. The molecule has 1 aromatic rings. The van der Waals surface area contributed by atoms with Crippen LogP contribution in [0, 0.1) is 0 Å². The van der Waals surface area contributed by atoms with E-state index in [0.717, 1.165) is 37.2 Å². The number of aromatic nitrogens is 1. The van der Waals surface area contributed by atoms with E-state index in [2.05, 4.69) is 23.5 Å². The van der Waals surface area contributed by atoms with E-state index in [4.69, 9.17) is 5.73 Å². The summed E-state index contributed by atoms with van der Waals surface area (Å²) < 4.78 is 28.6. The van der Waals surface area contributed by atoms with Crippen molar-refractivity contribution < 1.29 is 8.42 Å². The molecule has 5 nitrogen and oxygen atoms in total. The number of anilines is 2. The summed E-state index contributed by atoms with van der Waals surface area (Å²) in [5.74, 6) is 0.139. The summed E-state index contributed by atoms with van der Waals surface area (Å²) in [6.45, 7) is 4.14. The lowest BCUT2D eigenvalue weighted by Gasteiger charge is -2.15. The number of hydrogen-bond acceptors (Lipinski definition) is 6. The van der Waals surface area contributed by atoms with E-state index in [9.17, 15) is 8.42 Å². The number of nitrogens with two attached hydrogens (primary N) is 1. The van der Waals surface area contributed by atoms with Gasteiger partial charge in [0.2, 0.25) is 0 Å². The standard InChI is InChI=1S/C11H19N3O2S2/c1-3-7(4-2)13-11-9(10(12)14-17-11)18(15,16)8-5-6-8/h7-8,13H,3-6H2,1-2H3,(H2,12,14). The molecule has 1 fully saturated rings. The third-order valence-corrected chi connectivity index (χ3v) is 6.50. The molecule has 0 spiro atoms. The lowest BCUT2D eigenvalue weighted by molar-refractivity contribution is 0.595. The number of rotatable bonds is 6. The van der Waals surface area contributed by atoms with Crippen LogP contribution in [0.25, 0.3) is 0 Å². The SMILES string of the molecule is CCC(CC)Nc1snc(N)c1S(=O)(=O)C1CC1. The summed E-state index contributed by atoms with van der Waals surface area (Å²) in [6.07, 6.45) is 3.36. The fourth-order valence-corrected chi connectivity index (χ4v) is 4.83. The maximum atomic E-state index is 12.3. The number of nitrogens with one attached hydrogen (secondary N) is 1. The minimum atomic E-state index is -3.29. The van der Waals surface area contributed by atoms with E-state index in [-0.39, 0.29) is 22.0 Å². The summed E-state index contributed by atoms with van der Waals surface area (Å²) >= 11 is 1.14. The Kier molecular flexibility index (Phi) is 3.82. The molecule has 0 bridgehead atoms.